The number of morpholine rings is 1. The summed E-state index contributed by atoms with van der Waals surface area (Å²) in [4.78, 5) is 28.5. The van der Waals surface area contributed by atoms with E-state index in [1.54, 1.807) is 17.0 Å². The molecule has 1 aromatic carbocycles. The molecule has 0 saturated carbocycles. The first kappa shape index (κ1) is 16.8. The van der Waals surface area contributed by atoms with Crippen LogP contribution in [0.25, 0.3) is 0 Å². The van der Waals surface area contributed by atoms with Gasteiger partial charge in [-0.2, -0.15) is 0 Å². The molecule has 6 heteroatoms. The van der Waals surface area contributed by atoms with E-state index >= 15 is 0 Å². The lowest BCUT2D eigenvalue weighted by molar-refractivity contribution is 0.0303. The first-order valence-corrected chi connectivity index (χ1v) is 8.66. The average molecular weight is 331 g/mol. The smallest absolute Gasteiger partial charge is 0.321 e. The van der Waals surface area contributed by atoms with Gasteiger partial charge in [0.15, 0.2) is 0 Å². The van der Waals surface area contributed by atoms with Crippen LogP contribution >= 0.6 is 0 Å². The van der Waals surface area contributed by atoms with Crippen LogP contribution in [-0.2, 0) is 4.74 Å². The van der Waals surface area contributed by atoms with Crippen LogP contribution in [0.15, 0.2) is 24.3 Å². The lowest BCUT2D eigenvalue weighted by Crippen LogP contribution is -2.41. The van der Waals surface area contributed by atoms with Crippen LogP contribution in [0.1, 0.15) is 30.1 Å². The molecule has 2 saturated heterocycles. The molecule has 6 nitrogen and oxygen atoms in total. The first-order valence-electron chi connectivity index (χ1n) is 8.66. The van der Waals surface area contributed by atoms with Gasteiger partial charge in [0.1, 0.15) is 0 Å². The molecule has 3 amide bonds. The molecule has 0 unspecified atom stereocenters. The molecule has 1 aromatic rings. The molecule has 130 valence electrons. The summed E-state index contributed by atoms with van der Waals surface area (Å²) in [7, 11) is 0. The largest absolute Gasteiger partial charge is 0.378 e. The Morgan fingerprint density at radius 1 is 1.08 bits per heavy atom. The second kappa shape index (κ2) is 7.66. The zero-order valence-corrected chi connectivity index (χ0v) is 14.2. The van der Waals surface area contributed by atoms with E-state index in [2.05, 4.69) is 12.2 Å². The van der Waals surface area contributed by atoms with Crippen molar-refractivity contribution in [3.05, 3.63) is 29.8 Å². The van der Waals surface area contributed by atoms with Gasteiger partial charge in [-0.15, -0.1) is 0 Å². The summed E-state index contributed by atoms with van der Waals surface area (Å²) in [6.07, 6.45) is 2.09. The van der Waals surface area contributed by atoms with Crippen molar-refractivity contribution in [1.82, 2.24) is 9.80 Å². The third kappa shape index (κ3) is 4.06. The fourth-order valence-electron chi connectivity index (χ4n) is 3.09. The van der Waals surface area contributed by atoms with E-state index in [0.29, 0.717) is 43.5 Å². The number of carbonyl (C=O) groups is 2. The van der Waals surface area contributed by atoms with Gasteiger partial charge in [-0.1, -0.05) is 13.0 Å². The zero-order valence-electron chi connectivity index (χ0n) is 14.2. The van der Waals surface area contributed by atoms with Crippen LogP contribution in [0.4, 0.5) is 10.5 Å². The van der Waals surface area contributed by atoms with Crippen LogP contribution in [0, 0.1) is 5.92 Å². The van der Waals surface area contributed by atoms with Crippen molar-refractivity contribution >= 4 is 17.6 Å². The molecular weight excluding hydrogens is 306 g/mol. The number of ether oxygens (including phenoxy) is 1. The van der Waals surface area contributed by atoms with Crippen molar-refractivity contribution in [2.75, 3.05) is 44.7 Å². The lowest BCUT2D eigenvalue weighted by Gasteiger charge is -2.30. The average Bonchev–Trinajstić information content (AvgIpc) is 2.62. The summed E-state index contributed by atoms with van der Waals surface area (Å²) < 4.78 is 5.28. The number of amides is 3. The van der Waals surface area contributed by atoms with Gasteiger partial charge in [0.25, 0.3) is 5.91 Å². The monoisotopic (exact) mass is 331 g/mol. The second-order valence-electron chi connectivity index (χ2n) is 6.59. The molecule has 0 bridgehead atoms. The van der Waals surface area contributed by atoms with E-state index < -0.39 is 0 Å². The van der Waals surface area contributed by atoms with Crippen LogP contribution in [-0.4, -0.2) is 61.1 Å². The number of benzene rings is 1. The van der Waals surface area contributed by atoms with E-state index in [1.165, 1.54) is 0 Å². The van der Waals surface area contributed by atoms with Crippen molar-refractivity contribution in [2.45, 2.75) is 19.8 Å². The van der Waals surface area contributed by atoms with E-state index in [1.807, 2.05) is 17.0 Å². The van der Waals surface area contributed by atoms with Crippen molar-refractivity contribution in [1.29, 1.82) is 0 Å². The molecule has 0 aromatic heterocycles. The van der Waals surface area contributed by atoms with Crippen molar-refractivity contribution in [3.63, 3.8) is 0 Å². The Morgan fingerprint density at radius 3 is 2.50 bits per heavy atom. The summed E-state index contributed by atoms with van der Waals surface area (Å²) in [5.74, 6) is 0.671. The Labute approximate surface area is 142 Å². The molecule has 2 fully saturated rings. The highest BCUT2D eigenvalue weighted by molar-refractivity contribution is 5.97. The molecule has 2 aliphatic rings. The SMILES string of the molecule is CC1CCN(C(=O)Nc2cccc(C(=O)N3CCOCC3)c2)CC1. The highest BCUT2D eigenvalue weighted by Crippen LogP contribution is 2.18. The number of carbonyl (C=O) groups excluding carboxylic acids is 2. The maximum absolute atomic E-state index is 12.5. The molecule has 0 atom stereocenters. The van der Waals surface area contributed by atoms with Crippen molar-refractivity contribution in [3.8, 4) is 0 Å². The molecular formula is C18H25N3O3. The summed E-state index contributed by atoms with van der Waals surface area (Å²) in [6.45, 7) is 6.18. The second-order valence-corrected chi connectivity index (χ2v) is 6.59. The minimum absolute atomic E-state index is 0.0128. The maximum atomic E-state index is 12.5. The van der Waals surface area contributed by atoms with Gasteiger partial charge in [-0.25, -0.2) is 4.79 Å². The molecule has 3 rings (SSSR count). The minimum Gasteiger partial charge on any atom is -0.378 e. The van der Waals surface area contributed by atoms with Gasteiger partial charge in [-0.3, -0.25) is 4.79 Å². The number of likely N-dealkylation sites (tertiary alicyclic amines) is 1. The van der Waals surface area contributed by atoms with E-state index in [-0.39, 0.29) is 11.9 Å². The van der Waals surface area contributed by atoms with E-state index in [4.69, 9.17) is 4.74 Å². The third-order valence-corrected chi connectivity index (χ3v) is 4.73. The highest BCUT2D eigenvalue weighted by Gasteiger charge is 2.21. The summed E-state index contributed by atoms with van der Waals surface area (Å²) >= 11 is 0. The number of anilines is 1. The van der Waals surface area contributed by atoms with Gasteiger partial charge in [-0.05, 0) is 37.0 Å². The Hall–Kier alpha value is -2.08. The number of hydrogen-bond donors (Lipinski definition) is 1. The lowest BCUT2D eigenvalue weighted by atomic mass is 10.00. The van der Waals surface area contributed by atoms with Crippen LogP contribution in [0.5, 0.6) is 0 Å². The number of nitrogens with one attached hydrogen (secondary N) is 1. The Bertz CT molecular complexity index is 591. The third-order valence-electron chi connectivity index (χ3n) is 4.73. The standard InChI is InChI=1S/C18H25N3O3/c1-14-5-7-21(8-6-14)18(23)19-16-4-2-3-15(13-16)17(22)20-9-11-24-12-10-20/h2-4,13-14H,5-12H2,1H3,(H,19,23). The van der Waals surface area contributed by atoms with Gasteiger partial charge < -0.3 is 19.9 Å². The number of rotatable bonds is 2. The molecule has 2 heterocycles. The van der Waals surface area contributed by atoms with Gasteiger partial charge in [0, 0.05) is 37.4 Å². The van der Waals surface area contributed by atoms with E-state index in [0.717, 1.165) is 25.9 Å². The molecule has 0 spiro atoms. The molecule has 24 heavy (non-hydrogen) atoms. The summed E-state index contributed by atoms with van der Waals surface area (Å²) in [5.41, 5.74) is 1.26. The Morgan fingerprint density at radius 2 is 1.79 bits per heavy atom. The fourth-order valence-corrected chi connectivity index (χ4v) is 3.09. The van der Waals surface area contributed by atoms with Crippen LogP contribution < -0.4 is 5.32 Å². The van der Waals surface area contributed by atoms with E-state index in [9.17, 15) is 9.59 Å². The minimum atomic E-state index is -0.0853. The molecule has 1 N–H and O–H groups in total. The fraction of sp³-hybridized carbons (Fsp3) is 0.556. The van der Waals surface area contributed by atoms with Gasteiger partial charge in [0.05, 0.1) is 13.2 Å². The Kier molecular flexibility index (Phi) is 5.35. The first-order chi connectivity index (χ1) is 11.6. The molecule has 0 radical (unpaired) electrons. The predicted molar refractivity (Wildman–Crippen MR) is 92.2 cm³/mol. The maximum Gasteiger partial charge on any atom is 0.321 e. The number of urea groups is 1. The quantitative estimate of drug-likeness (QED) is 0.905. The van der Waals surface area contributed by atoms with Gasteiger partial charge in [0.2, 0.25) is 0 Å². The normalized spacial score (nSPS) is 19.2. The molecule has 2 aliphatic heterocycles. The predicted octanol–water partition coefficient (Wildman–Crippen LogP) is 2.42. The van der Waals surface area contributed by atoms with Crippen molar-refractivity contribution in [2.24, 2.45) is 5.92 Å². The topological polar surface area (TPSA) is 61.9 Å². The molecule has 0 aliphatic carbocycles. The van der Waals surface area contributed by atoms with Crippen molar-refractivity contribution < 1.29 is 14.3 Å². The summed E-state index contributed by atoms with van der Waals surface area (Å²) in [5, 5.41) is 2.92. The van der Waals surface area contributed by atoms with Crippen LogP contribution in [0.2, 0.25) is 0 Å². The zero-order chi connectivity index (χ0) is 16.9. The number of hydrogen-bond acceptors (Lipinski definition) is 3. The number of piperidine rings is 1. The Balaban J connectivity index is 1.62. The summed E-state index contributed by atoms with van der Waals surface area (Å²) in [6, 6.07) is 7.08. The highest BCUT2D eigenvalue weighted by atomic mass is 16.5. The van der Waals surface area contributed by atoms with Crippen LogP contribution in [0.3, 0.4) is 0 Å². The number of nitrogens with zero attached hydrogens (tertiary/aromatic N) is 2. The van der Waals surface area contributed by atoms with Gasteiger partial charge >= 0.3 is 6.03 Å².